The van der Waals surface area contributed by atoms with Crippen LogP contribution in [0.4, 0.5) is 8.78 Å². The summed E-state index contributed by atoms with van der Waals surface area (Å²) >= 11 is 0. The fraction of sp³-hybridized carbons (Fsp3) is 0.357. The lowest BCUT2D eigenvalue weighted by Crippen LogP contribution is -2.34. The molecule has 4 nitrogen and oxygen atoms in total. The Morgan fingerprint density at radius 2 is 2.30 bits per heavy atom. The molecule has 2 aromatic rings. The Kier molecular flexibility index (Phi) is 3.75. The fourth-order valence-electron chi connectivity index (χ4n) is 2.32. The highest BCUT2D eigenvalue weighted by Gasteiger charge is 2.20. The van der Waals surface area contributed by atoms with Crippen LogP contribution in [0.5, 0.6) is 0 Å². The quantitative estimate of drug-likeness (QED) is 0.932. The Hall–Kier alpha value is -1.79. The van der Waals surface area contributed by atoms with Gasteiger partial charge in [-0.05, 0) is 6.07 Å². The molecule has 106 valence electrons. The van der Waals surface area contributed by atoms with Crippen molar-refractivity contribution < 1.29 is 13.5 Å². The number of nitrogens with one attached hydrogen (secondary N) is 1. The van der Waals surface area contributed by atoms with Crippen LogP contribution in [0.2, 0.25) is 0 Å². The van der Waals surface area contributed by atoms with Crippen LogP contribution in [-0.4, -0.2) is 29.2 Å². The third-order valence-corrected chi connectivity index (χ3v) is 3.36. The van der Waals surface area contributed by atoms with Crippen LogP contribution in [0.25, 0.3) is 0 Å². The molecule has 0 radical (unpaired) electrons. The highest BCUT2D eigenvalue weighted by atomic mass is 19.1. The topological polar surface area (TPSA) is 39.1 Å². The van der Waals surface area contributed by atoms with Gasteiger partial charge in [0.1, 0.15) is 17.7 Å². The minimum Gasteiger partial charge on any atom is -0.369 e. The van der Waals surface area contributed by atoms with Crippen LogP contribution in [0.1, 0.15) is 17.4 Å². The van der Waals surface area contributed by atoms with E-state index in [0.29, 0.717) is 25.3 Å². The first-order valence-electron chi connectivity index (χ1n) is 6.50. The van der Waals surface area contributed by atoms with Gasteiger partial charge in [-0.2, -0.15) is 0 Å². The van der Waals surface area contributed by atoms with E-state index in [2.05, 4.69) is 10.3 Å². The number of imidazole rings is 1. The molecule has 20 heavy (non-hydrogen) atoms. The van der Waals surface area contributed by atoms with Gasteiger partial charge in [-0.3, -0.25) is 0 Å². The number of ether oxygens (including phenoxy) is 1. The SMILES string of the molecule is Fc1ccc(Cn2cncc2C2CNCCO2)c(F)c1. The minimum absolute atomic E-state index is 0.0882. The predicted octanol–water partition coefficient (Wildman–Crippen LogP) is 1.87. The Balaban J connectivity index is 1.82. The molecule has 2 heterocycles. The van der Waals surface area contributed by atoms with Gasteiger partial charge < -0.3 is 14.6 Å². The lowest BCUT2D eigenvalue weighted by Gasteiger charge is -2.24. The smallest absolute Gasteiger partial charge is 0.131 e. The second kappa shape index (κ2) is 5.68. The van der Waals surface area contributed by atoms with E-state index >= 15 is 0 Å². The van der Waals surface area contributed by atoms with Crippen LogP contribution < -0.4 is 5.32 Å². The van der Waals surface area contributed by atoms with Crippen molar-refractivity contribution >= 4 is 0 Å². The number of hydrogen-bond acceptors (Lipinski definition) is 3. The summed E-state index contributed by atoms with van der Waals surface area (Å²) in [5.74, 6) is -1.12. The van der Waals surface area contributed by atoms with Crippen molar-refractivity contribution in [3.05, 3.63) is 53.6 Å². The maximum atomic E-state index is 13.7. The molecule has 0 spiro atoms. The van der Waals surface area contributed by atoms with E-state index < -0.39 is 11.6 Å². The molecule has 0 amide bonds. The van der Waals surface area contributed by atoms with Gasteiger partial charge in [-0.15, -0.1) is 0 Å². The predicted molar refractivity (Wildman–Crippen MR) is 69.2 cm³/mol. The summed E-state index contributed by atoms with van der Waals surface area (Å²) in [5, 5.41) is 3.24. The summed E-state index contributed by atoms with van der Waals surface area (Å²) in [7, 11) is 0. The van der Waals surface area contributed by atoms with Crippen molar-refractivity contribution in [1.29, 1.82) is 0 Å². The Bertz CT molecular complexity index is 594. The zero-order valence-electron chi connectivity index (χ0n) is 10.9. The average molecular weight is 279 g/mol. The standard InChI is InChI=1S/C14H15F2N3O/c15-11-2-1-10(12(16)5-11)8-19-9-18-6-13(19)14-7-17-3-4-20-14/h1-2,5-6,9,14,17H,3-4,7-8H2. The molecule has 0 aliphatic carbocycles. The molecule has 1 N–H and O–H groups in total. The second-order valence-electron chi connectivity index (χ2n) is 4.75. The van der Waals surface area contributed by atoms with Gasteiger partial charge in [-0.1, -0.05) is 6.07 Å². The molecule has 1 aliphatic heterocycles. The fourth-order valence-corrected chi connectivity index (χ4v) is 2.32. The van der Waals surface area contributed by atoms with Gasteiger partial charge in [0.05, 0.1) is 31.4 Å². The molecule has 0 saturated carbocycles. The Morgan fingerprint density at radius 3 is 3.05 bits per heavy atom. The number of hydrogen-bond donors (Lipinski definition) is 1. The van der Waals surface area contributed by atoms with E-state index in [0.717, 1.165) is 18.3 Å². The molecule has 1 atom stereocenters. The first-order valence-corrected chi connectivity index (χ1v) is 6.50. The molecule has 0 bridgehead atoms. The summed E-state index contributed by atoms with van der Waals surface area (Å²) in [6.45, 7) is 2.48. The van der Waals surface area contributed by atoms with Crippen LogP contribution in [-0.2, 0) is 11.3 Å². The molecule has 1 aliphatic rings. The van der Waals surface area contributed by atoms with Crippen molar-refractivity contribution in [2.45, 2.75) is 12.6 Å². The number of rotatable bonds is 3. The van der Waals surface area contributed by atoms with Crippen molar-refractivity contribution in [3.63, 3.8) is 0 Å². The Labute approximate surface area is 115 Å². The molecule has 1 unspecified atom stereocenters. The molecule has 1 fully saturated rings. The second-order valence-corrected chi connectivity index (χ2v) is 4.75. The van der Waals surface area contributed by atoms with E-state index in [1.54, 1.807) is 12.5 Å². The van der Waals surface area contributed by atoms with E-state index in [1.165, 1.54) is 12.1 Å². The molecule has 1 saturated heterocycles. The summed E-state index contributed by atoms with van der Waals surface area (Å²) in [6, 6.07) is 3.60. The van der Waals surface area contributed by atoms with Crippen LogP contribution in [0.15, 0.2) is 30.7 Å². The zero-order chi connectivity index (χ0) is 13.9. The van der Waals surface area contributed by atoms with E-state index in [1.807, 2.05) is 4.57 Å². The zero-order valence-corrected chi connectivity index (χ0v) is 10.9. The van der Waals surface area contributed by atoms with E-state index in [9.17, 15) is 8.78 Å². The first kappa shape index (κ1) is 13.2. The van der Waals surface area contributed by atoms with Crippen molar-refractivity contribution in [1.82, 2.24) is 14.9 Å². The lowest BCUT2D eigenvalue weighted by molar-refractivity contribution is 0.0230. The van der Waals surface area contributed by atoms with Gasteiger partial charge in [0.15, 0.2) is 0 Å². The molecule has 1 aromatic heterocycles. The lowest BCUT2D eigenvalue weighted by atomic mass is 10.2. The van der Waals surface area contributed by atoms with Gasteiger partial charge in [0, 0.05) is 24.7 Å². The normalized spacial score (nSPS) is 19.2. The van der Waals surface area contributed by atoms with Crippen LogP contribution >= 0.6 is 0 Å². The van der Waals surface area contributed by atoms with Gasteiger partial charge in [-0.25, -0.2) is 13.8 Å². The molecule has 1 aromatic carbocycles. The monoisotopic (exact) mass is 279 g/mol. The molecular weight excluding hydrogens is 264 g/mol. The van der Waals surface area contributed by atoms with Gasteiger partial charge >= 0.3 is 0 Å². The molecule has 3 rings (SSSR count). The maximum Gasteiger partial charge on any atom is 0.131 e. The highest BCUT2D eigenvalue weighted by Crippen LogP contribution is 2.20. The van der Waals surface area contributed by atoms with Crippen LogP contribution in [0, 0.1) is 11.6 Å². The third-order valence-electron chi connectivity index (χ3n) is 3.36. The number of aromatic nitrogens is 2. The molecular formula is C14H15F2N3O. The largest absolute Gasteiger partial charge is 0.369 e. The summed E-state index contributed by atoms with van der Waals surface area (Å²) in [4.78, 5) is 4.10. The van der Waals surface area contributed by atoms with E-state index in [4.69, 9.17) is 4.74 Å². The maximum absolute atomic E-state index is 13.7. The number of benzene rings is 1. The summed E-state index contributed by atoms with van der Waals surface area (Å²) < 4.78 is 34.1. The molecule has 6 heteroatoms. The summed E-state index contributed by atoms with van der Waals surface area (Å²) in [5.41, 5.74) is 1.32. The number of nitrogens with zero attached hydrogens (tertiary/aromatic N) is 2. The number of halogens is 2. The van der Waals surface area contributed by atoms with Crippen LogP contribution in [0.3, 0.4) is 0 Å². The van der Waals surface area contributed by atoms with Crippen molar-refractivity contribution in [2.24, 2.45) is 0 Å². The van der Waals surface area contributed by atoms with E-state index in [-0.39, 0.29) is 6.10 Å². The average Bonchev–Trinajstić information content (AvgIpc) is 2.91. The van der Waals surface area contributed by atoms with Crippen molar-refractivity contribution in [2.75, 3.05) is 19.7 Å². The number of morpholine rings is 1. The van der Waals surface area contributed by atoms with Gasteiger partial charge in [0.25, 0.3) is 0 Å². The van der Waals surface area contributed by atoms with Crippen molar-refractivity contribution in [3.8, 4) is 0 Å². The highest BCUT2D eigenvalue weighted by molar-refractivity contribution is 5.20. The Morgan fingerprint density at radius 1 is 1.40 bits per heavy atom. The third kappa shape index (κ3) is 2.71. The first-order chi connectivity index (χ1) is 9.74. The minimum atomic E-state index is -0.572. The summed E-state index contributed by atoms with van der Waals surface area (Å²) in [6.07, 6.45) is 3.27. The van der Waals surface area contributed by atoms with Gasteiger partial charge in [0.2, 0.25) is 0 Å².